The molecular formula is C22H20N2O. The first kappa shape index (κ1) is 15.6. The van der Waals surface area contributed by atoms with Gasteiger partial charge in [0.15, 0.2) is 0 Å². The van der Waals surface area contributed by atoms with Gasteiger partial charge in [0.05, 0.1) is 23.3 Å². The second-order valence-corrected chi connectivity index (χ2v) is 6.45. The van der Waals surface area contributed by atoms with Crippen LogP contribution in [0.1, 0.15) is 16.7 Å². The van der Waals surface area contributed by atoms with Crippen molar-refractivity contribution in [2.45, 2.75) is 20.5 Å². The third kappa shape index (κ3) is 2.83. The number of rotatable bonds is 3. The summed E-state index contributed by atoms with van der Waals surface area (Å²) >= 11 is 0. The minimum atomic E-state index is -0.0110. The lowest BCUT2D eigenvalue weighted by molar-refractivity contribution is 0.282. The predicted octanol–water partition coefficient (Wildman–Crippen LogP) is 5.24. The third-order valence-electron chi connectivity index (χ3n) is 4.60. The van der Waals surface area contributed by atoms with Crippen LogP contribution in [-0.2, 0) is 6.61 Å². The highest BCUT2D eigenvalue weighted by atomic mass is 16.3. The van der Waals surface area contributed by atoms with Gasteiger partial charge < -0.3 is 10.4 Å². The Balaban J connectivity index is 2.01. The maximum absolute atomic E-state index is 9.93. The fourth-order valence-electron chi connectivity index (χ4n) is 3.27. The molecule has 0 saturated carbocycles. The summed E-state index contributed by atoms with van der Waals surface area (Å²) in [6.07, 6.45) is 0. The summed E-state index contributed by atoms with van der Waals surface area (Å²) in [7, 11) is 0. The lowest BCUT2D eigenvalue weighted by Crippen LogP contribution is -2.01. The normalized spacial score (nSPS) is 11.2. The van der Waals surface area contributed by atoms with Crippen molar-refractivity contribution in [2.24, 2.45) is 0 Å². The molecule has 0 radical (unpaired) electrons. The molecule has 0 amide bonds. The number of nitrogens with zero attached hydrogens (tertiary/aromatic N) is 1. The molecule has 124 valence electrons. The molecule has 1 aromatic heterocycles. The lowest BCUT2D eigenvalue weighted by atomic mass is 10.00. The molecule has 0 aliphatic heterocycles. The predicted molar refractivity (Wildman–Crippen MR) is 104 cm³/mol. The summed E-state index contributed by atoms with van der Waals surface area (Å²) < 4.78 is 0. The maximum atomic E-state index is 9.93. The Morgan fingerprint density at radius 3 is 2.48 bits per heavy atom. The first-order valence-electron chi connectivity index (χ1n) is 8.42. The van der Waals surface area contributed by atoms with Crippen LogP contribution in [0, 0.1) is 13.8 Å². The van der Waals surface area contributed by atoms with E-state index in [1.54, 1.807) is 0 Å². The van der Waals surface area contributed by atoms with Gasteiger partial charge >= 0.3 is 0 Å². The van der Waals surface area contributed by atoms with Gasteiger partial charge in [0.25, 0.3) is 0 Å². The molecule has 3 heteroatoms. The van der Waals surface area contributed by atoms with Crippen LogP contribution < -0.4 is 5.32 Å². The van der Waals surface area contributed by atoms with E-state index in [0.29, 0.717) is 0 Å². The van der Waals surface area contributed by atoms with Gasteiger partial charge in [-0.05, 0) is 55.3 Å². The Bertz CT molecular complexity index is 1070. The number of pyridine rings is 1. The maximum Gasteiger partial charge on any atom is 0.0733 e. The first-order valence-corrected chi connectivity index (χ1v) is 8.42. The number of para-hydroxylation sites is 1. The summed E-state index contributed by atoms with van der Waals surface area (Å²) in [5.41, 5.74) is 7.00. The van der Waals surface area contributed by atoms with Crippen LogP contribution in [-0.4, -0.2) is 10.1 Å². The van der Waals surface area contributed by atoms with Crippen LogP contribution >= 0.6 is 0 Å². The Morgan fingerprint density at radius 1 is 0.920 bits per heavy atom. The summed E-state index contributed by atoms with van der Waals surface area (Å²) in [4.78, 5) is 4.86. The number of hydrogen-bond donors (Lipinski definition) is 2. The molecule has 0 bridgehead atoms. The van der Waals surface area contributed by atoms with Gasteiger partial charge in [-0.15, -0.1) is 0 Å². The molecule has 2 N–H and O–H groups in total. The number of anilines is 2. The highest BCUT2D eigenvalue weighted by Crippen LogP contribution is 2.34. The van der Waals surface area contributed by atoms with Crippen molar-refractivity contribution in [1.82, 2.24) is 4.98 Å². The average Bonchev–Trinajstić information content (AvgIpc) is 2.61. The number of aliphatic hydroxyl groups is 1. The van der Waals surface area contributed by atoms with Crippen LogP contribution in [0.5, 0.6) is 0 Å². The Morgan fingerprint density at radius 2 is 1.72 bits per heavy atom. The van der Waals surface area contributed by atoms with E-state index in [1.807, 2.05) is 37.3 Å². The Kier molecular flexibility index (Phi) is 3.86. The molecule has 0 atom stereocenters. The number of aliphatic hydroxyl groups excluding tert-OH is 1. The molecule has 3 nitrogen and oxygen atoms in total. The number of fused-ring (bicyclic) bond motifs is 2. The van der Waals surface area contributed by atoms with E-state index in [4.69, 9.17) is 4.98 Å². The average molecular weight is 328 g/mol. The summed E-state index contributed by atoms with van der Waals surface area (Å²) in [6, 6.07) is 20.5. The highest BCUT2D eigenvalue weighted by molar-refractivity contribution is 6.02. The number of benzene rings is 3. The van der Waals surface area contributed by atoms with Gasteiger partial charge in [-0.1, -0.05) is 30.3 Å². The smallest absolute Gasteiger partial charge is 0.0733 e. The summed E-state index contributed by atoms with van der Waals surface area (Å²) in [5.74, 6) is 0. The second-order valence-electron chi connectivity index (χ2n) is 6.45. The topological polar surface area (TPSA) is 45.1 Å². The molecule has 4 rings (SSSR count). The van der Waals surface area contributed by atoms with Gasteiger partial charge in [-0.2, -0.15) is 0 Å². The zero-order valence-corrected chi connectivity index (χ0v) is 14.4. The molecule has 0 unspecified atom stereocenters. The van der Waals surface area contributed by atoms with Crippen LogP contribution in [0.15, 0.2) is 60.7 Å². The number of hydrogen-bond acceptors (Lipinski definition) is 3. The molecule has 0 aliphatic rings. The quantitative estimate of drug-likeness (QED) is 0.505. The SMILES string of the molecule is Cc1ccc2cc3c(Nc4ccccc4)c(CO)c(C)cc3nc2c1. The molecule has 4 aromatic rings. The van der Waals surface area contributed by atoms with E-state index in [0.717, 1.165) is 44.3 Å². The van der Waals surface area contributed by atoms with Gasteiger partial charge in [-0.25, -0.2) is 4.98 Å². The van der Waals surface area contributed by atoms with E-state index in [2.05, 4.69) is 42.6 Å². The molecule has 0 spiro atoms. The number of aromatic nitrogens is 1. The van der Waals surface area contributed by atoms with Crippen LogP contribution in [0.4, 0.5) is 11.4 Å². The zero-order valence-electron chi connectivity index (χ0n) is 14.4. The minimum absolute atomic E-state index is 0.0110. The van der Waals surface area contributed by atoms with Crippen LogP contribution in [0.3, 0.4) is 0 Å². The monoisotopic (exact) mass is 328 g/mol. The number of nitrogens with one attached hydrogen (secondary N) is 1. The van der Waals surface area contributed by atoms with Crippen molar-refractivity contribution in [3.05, 3.63) is 77.4 Å². The van der Waals surface area contributed by atoms with E-state index in [-0.39, 0.29) is 6.61 Å². The van der Waals surface area contributed by atoms with Crippen LogP contribution in [0.25, 0.3) is 21.8 Å². The largest absolute Gasteiger partial charge is 0.392 e. The van der Waals surface area contributed by atoms with Gasteiger partial charge in [0, 0.05) is 22.0 Å². The Labute approximate surface area is 147 Å². The number of aryl methyl sites for hydroxylation is 2. The molecule has 1 heterocycles. The Hall–Kier alpha value is -2.91. The van der Waals surface area contributed by atoms with E-state index in [1.165, 1.54) is 5.56 Å². The first-order chi connectivity index (χ1) is 12.2. The van der Waals surface area contributed by atoms with E-state index < -0.39 is 0 Å². The highest BCUT2D eigenvalue weighted by Gasteiger charge is 2.13. The van der Waals surface area contributed by atoms with Gasteiger partial charge in [0.1, 0.15) is 0 Å². The third-order valence-corrected chi connectivity index (χ3v) is 4.60. The van der Waals surface area contributed by atoms with E-state index in [9.17, 15) is 5.11 Å². The molecule has 25 heavy (non-hydrogen) atoms. The second kappa shape index (κ2) is 6.19. The molecular weight excluding hydrogens is 308 g/mol. The summed E-state index contributed by atoms with van der Waals surface area (Å²) in [5, 5.41) is 15.5. The van der Waals surface area contributed by atoms with Crippen molar-refractivity contribution >= 4 is 33.2 Å². The van der Waals surface area contributed by atoms with Crippen molar-refractivity contribution in [1.29, 1.82) is 0 Å². The van der Waals surface area contributed by atoms with Crippen LogP contribution in [0.2, 0.25) is 0 Å². The molecule has 3 aromatic carbocycles. The zero-order chi connectivity index (χ0) is 17.4. The van der Waals surface area contributed by atoms with Gasteiger partial charge in [0.2, 0.25) is 0 Å². The summed E-state index contributed by atoms with van der Waals surface area (Å²) in [6.45, 7) is 4.08. The fourth-order valence-corrected chi connectivity index (χ4v) is 3.27. The molecule has 0 aliphatic carbocycles. The van der Waals surface area contributed by atoms with Crippen molar-refractivity contribution in [2.75, 3.05) is 5.32 Å². The fraction of sp³-hybridized carbons (Fsp3) is 0.136. The standard InChI is InChI=1S/C22H20N2O/c1-14-8-9-16-12-18-21(24-20(16)10-14)11-15(2)19(13-25)22(18)23-17-6-4-3-5-7-17/h3-12,23,25H,13H2,1-2H3. The van der Waals surface area contributed by atoms with Gasteiger partial charge in [-0.3, -0.25) is 0 Å². The molecule has 0 saturated heterocycles. The van der Waals surface area contributed by atoms with Crippen molar-refractivity contribution in [3.63, 3.8) is 0 Å². The lowest BCUT2D eigenvalue weighted by Gasteiger charge is -2.17. The van der Waals surface area contributed by atoms with Crippen molar-refractivity contribution < 1.29 is 5.11 Å². The van der Waals surface area contributed by atoms with Crippen molar-refractivity contribution in [3.8, 4) is 0 Å². The molecule has 0 fully saturated rings. The minimum Gasteiger partial charge on any atom is -0.392 e. The van der Waals surface area contributed by atoms with E-state index >= 15 is 0 Å².